The van der Waals surface area contributed by atoms with Crippen molar-refractivity contribution >= 4 is 18.0 Å². The first-order chi connectivity index (χ1) is 11.1. The fourth-order valence-corrected chi connectivity index (χ4v) is 1.66. The predicted octanol–water partition coefficient (Wildman–Crippen LogP) is 2.28. The molecule has 0 bridgehead atoms. The van der Waals surface area contributed by atoms with Crippen LogP contribution in [0, 0.1) is 0 Å². The molecule has 0 aliphatic heterocycles. The number of benzene rings is 2. The van der Waals surface area contributed by atoms with Crippen LogP contribution in [0.4, 0.5) is 4.79 Å². The third-order valence-corrected chi connectivity index (χ3v) is 3.02. The molecular weight excluding hydrogens is 298 g/mol. The maximum atomic E-state index is 11.1. The number of hydrogen-bond acceptors (Lipinski definition) is 5. The van der Waals surface area contributed by atoms with Crippen LogP contribution in [0.15, 0.2) is 54.6 Å². The van der Waals surface area contributed by atoms with Crippen molar-refractivity contribution in [2.75, 3.05) is 7.11 Å². The molecule has 0 unspecified atom stereocenters. The number of fused-ring (bicyclic) bond motifs is 1. The second-order valence-electron chi connectivity index (χ2n) is 4.58. The number of carbonyl (C=O) groups excluding carboxylic acids is 3. The molecule has 3 rings (SSSR count). The molecule has 1 aromatic carbocycles. The Kier molecular flexibility index (Phi) is 5.46. The van der Waals surface area contributed by atoms with Gasteiger partial charge in [0.1, 0.15) is 6.61 Å². The van der Waals surface area contributed by atoms with Crippen LogP contribution in [0.2, 0.25) is 0 Å². The first kappa shape index (κ1) is 16.2. The Balaban J connectivity index is 0.000000260. The number of amides is 2. The highest BCUT2D eigenvalue weighted by atomic mass is 16.6. The van der Waals surface area contributed by atoms with E-state index >= 15 is 0 Å². The predicted molar refractivity (Wildman–Crippen MR) is 82.2 cm³/mol. The number of hydrogen-bond donors (Lipinski definition) is 1. The van der Waals surface area contributed by atoms with Gasteiger partial charge in [-0.3, -0.25) is 10.1 Å². The maximum absolute atomic E-state index is 11.1. The number of alkyl carbamates (subject to hydrolysis) is 1. The van der Waals surface area contributed by atoms with E-state index in [-0.39, 0.29) is 6.61 Å². The van der Waals surface area contributed by atoms with Gasteiger partial charge in [-0.15, -0.1) is 0 Å². The summed E-state index contributed by atoms with van der Waals surface area (Å²) in [6.07, 6.45) is -0.996. The standard InChI is InChI=1S/C11H11NO5.C6H4/c1-16-10(14)9(13)12-11(15)17-7-8-5-3-2-4-6-8;1-2-6-4-3-5(1)6/h2-6H,7H2,1H3,(H,12,13,15);1-4H. The smallest absolute Gasteiger partial charge is 0.414 e. The lowest BCUT2D eigenvalue weighted by Crippen LogP contribution is -2.36. The number of carbonyl (C=O) groups is 3. The van der Waals surface area contributed by atoms with Crippen molar-refractivity contribution in [1.82, 2.24) is 5.32 Å². The van der Waals surface area contributed by atoms with Crippen molar-refractivity contribution in [2.24, 2.45) is 0 Å². The van der Waals surface area contributed by atoms with Gasteiger partial charge in [-0.25, -0.2) is 9.59 Å². The summed E-state index contributed by atoms with van der Waals surface area (Å²) in [6, 6.07) is 17.4. The topological polar surface area (TPSA) is 81.7 Å². The van der Waals surface area contributed by atoms with Crippen molar-refractivity contribution in [1.29, 1.82) is 0 Å². The van der Waals surface area contributed by atoms with Crippen molar-refractivity contribution in [2.45, 2.75) is 6.61 Å². The Hall–Kier alpha value is -3.15. The zero-order valence-electron chi connectivity index (χ0n) is 12.4. The van der Waals surface area contributed by atoms with Gasteiger partial charge in [0.15, 0.2) is 0 Å². The van der Waals surface area contributed by atoms with Gasteiger partial charge in [0.05, 0.1) is 7.11 Å². The SMILES string of the molecule is COC(=O)C(=O)NC(=O)OCc1ccccc1.c1cc2ccc1-2. The molecule has 1 aromatic rings. The van der Waals surface area contributed by atoms with E-state index < -0.39 is 18.0 Å². The van der Waals surface area contributed by atoms with Crippen LogP contribution in [0.3, 0.4) is 0 Å². The van der Waals surface area contributed by atoms with Gasteiger partial charge >= 0.3 is 18.0 Å². The summed E-state index contributed by atoms with van der Waals surface area (Å²) < 4.78 is 8.83. The number of ether oxygens (including phenoxy) is 2. The quantitative estimate of drug-likeness (QED) is 0.580. The minimum absolute atomic E-state index is 0.0150. The van der Waals surface area contributed by atoms with Crippen molar-refractivity contribution in [3.63, 3.8) is 0 Å². The third kappa shape index (κ3) is 4.67. The number of methoxy groups -OCH3 is 1. The summed E-state index contributed by atoms with van der Waals surface area (Å²) in [5.74, 6) is -2.31. The molecule has 118 valence electrons. The average molecular weight is 313 g/mol. The zero-order chi connectivity index (χ0) is 16.7. The second kappa shape index (κ2) is 7.74. The summed E-state index contributed by atoms with van der Waals surface area (Å²) in [4.78, 5) is 32.7. The Morgan fingerprint density at radius 1 is 0.913 bits per heavy atom. The molecule has 0 saturated heterocycles. The van der Waals surface area contributed by atoms with Crippen LogP contribution in [-0.4, -0.2) is 25.1 Å². The summed E-state index contributed by atoms with van der Waals surface area (Å²) in [5, 5.41) is 1.73. The maximum Gasteiger partial charge on any atom is 0.414 e. The van der Waals surface area contributed by atoms with Crippen LogP contribution >= 0.6 is 0 Å². The van der Waals surface area contributed by atoms with Crippen molar-refractivity contribution < 1.29 is 23.9 Å². The van der Waals surface area contributed by atoms with Gasteiger partial charge in [0, 0.05) is 0 Å². The van der Waals surface area contributed by atoms with E-state index in [9.17, 15) is 14.4 Å². The Labute approximate surface area is 133 Å². The molecule has 0 saturated carbocycles. The van der Waals surface area contributed by atoms with Gasteiger partial charge < -0.3 is 9.47 Å². The van der Waals surface area contributed by atoms with Crippen LogP contribution in [0.5, 0.6) is 0 Å². The normalized spacial score (nSPS) is 9.78. The summed E-state index contributed by atoms with van der Waals surface area (Å²) in [7, 11) is 1.04. The monoisotopic (exact) mass is 313 g/mol. The van der Waals surface area contributed by atoms with Crippen LogP contribution in [0.25, 0.3) is 11.1 Å². The molecule has 0 atom stereocenters. The highest BCUT2D eigenvalue weighted by Gasteiger charge is 2.17. The van der Waals surface area contributed by atoms with Gasteiger partial charge in [0.2, 0.25) is 0 Å². The van der Waals surface area contributed by atoms with Crippen molar-refractivity contribution in [3.8, 4) is 11.1 Å². The lowest BCUT2D eigenvalue weighted by molar-refractivity contribution is -0.152. The number of imide groups is 1. The van der Waals surface area contributed by atoms with Crippen molar-refractivity contribution in [3.05, 3.63) is 60.2 Å². The Morgan fingerprint density at radius 2 is 1.48 bits per heavy atom. The van der Waals surface area contributed by atoms with E-state index in [0.717, 1.165) is 12.7 Å². The van der Waals surface area contributed by atoms with Gasteiger partial charge in [-0.1, -0.05) is 54.6 Å². The highest BCUT2D eigenvalue weighted by molar-refractivity contribution is 6.35. The Bertz CT molecular complexity index is 674. The first-order valence-electron chi connectivity index (χ1n) is 6.80. The molecule has 2 aliphatic carbocycles. The van der Waals surface area contributed by atoms with Crippen LogP contribution in [0.1, 0.15) is 5.56 Å². The molecule has 0 heterocycles. The largest absolute Gasteiger partial charge is 0.462 e. The molecule has 1 N–H and O–H groups in total. The molecule has 0 radical (unpaired) electrons. The summed E-state index contributed by atoms with van der Waals surface area (Å²) in [5.41, 5.74) is 3.62. The van der Waals surface area contributed by atoms with E-state index in [2.05, 4.69) is 29.0 Å². The van der Waals surface area contributed by atoms with E-state index in [1.165, 1.54) is 11.1 Å². The van der Waals surface area contributed by atoms with E-state index in [0.29, 0.717) is 0 Å². The lowest BCUT2D eigenvalue weighted by Gasteiger charge is -2.10. The fourth-order valence-electron chi connectivity index (χ4n) is 1.66. The van der Waals surface area contributed by atoms with Crippen LogP contribution in [-0.2, 0) is 25.7 Å². The molecule has 6 nitrogen and oxygen atoms in total. The second-order valence-corrected chi connectivity index (χ2v) is 4.58. The fraction of sp³-hybridized carbons (Fsp3) is 0.118. The molecule has 23 heavy (non-hydrogen) atoms. The molecule has 0 fully saturated rings. The molecule has 2 amide bonds. The van der Waals surface area contributed by atoms with E-state index in [4.69, 9.17) is 4.74 Å². The Morgan fingerprint density at radius 3 is 1.91 bits per heavy atom. The number of esters is 1. The van der Waals surface area contributed by atoms with E-state index in [1.807, 2.05) is 6.07 Å². The van der Waals surface area contributed by atoms with Crippen LogP contribution < -0.4 is 5.32 Å². The zero-order valence-corrected chi connectivity index (χ0v) is 12.4. The minimum atomic E-state index is -1.16. The number of rotatable bonds is 2. The van der Waals surface area contributed by atoms with Gasteiger partial charge in [0.25, 0.3) is 0 Å². The third-order valence-electron chi connectivity index (χ3n) is 3.02. The number of nitrogens with one attached hydrogen (secondary N) is 1. The molecule has 0 aromatic heterocycles. The van der Waals surface area contributed by atoms with Gasteiger partial charge in [-0.2, -0.15) is 0 Å². The molecule has 6 heteroatoms. The first-order valence-corrected chi connectivity index (χ1v) is 6.80. The molecular formula is C17H15NO5. The summed E-state index contributed by atoms with van der Waals surface area (Å²) in [6.45, 7) is 0.0150. The molecule has 0 spiro atoms. The van der Waals surface area contributed by atoms with E-state index in [1.54, 1.807) is 29.6 Å². The van der Waals surface area contributed by atoms with Gasteiger partial charge in [-0.05, 0) is 16.7 Å². The highest BCUT2D eigenvalue weighted by Crippen LogP contribution is 2.29. The average Bonchev–Trinajstić information content (AvgIpc) is 2.56. The lowest BCUT2D eigenvalue weighted by atomic mass is 9.95. The minimum Gasteiger partial charge on any atom is -0.462 e. The summed E-state index contributed by atoms with van der Waals surface area (Å²) >= 11 is 0. The molecule has 2 aliphatic rings.